The quantitative estimate of drug-likeness (QED) is 0.334. The Bertz CT molecular complexity index is 1020. The van der Waals surface area contributed by atoms with Crippen LogP contribution in [0.15, 0.2) is 28.6 Å². The van der Waals surface area contributed by atoms with E-state index in [0.29, 0.717) is 28.7 Å². The van der Waals surface area contributed by atoms with Crippen LogP contribution in [0.3, 0.4) is 0 Å². The fourth-order valence-corrected chi connectivity index (χ4v) is 5.25. The number of halogens is 1. The minimum atomic E-state index is -0.0316. The van der Waals surface area contributed by atoms with Gasteiger partial charge < -0.3 is 5.32 Å². The molecule has 2 N–H and O–H groups in total. The molecule has 0 unspecified atom stereocenters. The summed E-state index contributed by atoms with van der Waals surface area (Å²) in [6, 6.07) is 4.11. The predicted octanol–water partition coefficient (Wildman–Crippen LogP) is 5.34. The number of carbonyl (C=O) groups is 1. The lowest BCUT2D eigenvalue weighted by molar-refractivity contribution is -0.116. The number of aromatic amines is 1. The molecular weight excluding hydrogens is 466 g/mol. The van der Waals surface area contributed by atoms with Crippen molar-refractivity contribution >= 4 is 61.9 Å². The highest BCUT2D eigenvalue weighted by Crippen LogP contribution is 2.32. The first-order valence-corrected chi connectivity index (χ1v) is 11.1. The molecule has 10 heteroatoms. The second-order valence-corrected chi connectivity index (χ2v) is 9.73. The van der Waals surface area contributed by atoms with Crippen LogP contribution in [0.1, 0.15) is 23.4 Å². The van der Waals surface area contributed by atoms with E-state index in [0.717, 1.165) is 27.2 Å². The van der Waals surface area contributed by atoms with E-state index in [1.165, 1.54) is 16.2 Å². The molecule has 0 saturated carbocycles. The van der Waals surface area contributed by atoms with E-state index in [1.807, 2.05) is 17.6 Å². The lowest BCUT2D eigenvalue weighted by Gasteiger charge is -2.02. The van der Waals surface area contributed by atoms with Crippen LogP contribution in [0.5, 0.6) is 0 Å². The van der Waals surface area contributed by atoms with Crippen molar-refractivity contribution in [2.75, 3.05) is 5.32 Å². The summed E-state index contributed by atoms with van der Waals surface area (Å²) >= 11 is 11.8. The van der Waals surface area contributed by atoms with Crippen LogP contribution in [-0.2, 0) is 17.8 Å². The van der Waals surface area contributed by atoms with Gasteiger partial charge in [-0.05, 0) is 60.0 Å². The van der Waals surface area contributed by atoms with Crippen molar-refractivity contribution < 1.29 is 4.79 Å². The first-order chi connectivity index (χ1) is 13.0. The zero-order valence-electron chi connectivity index (χ0n) is 14.6. The van der Waals surface area contributed by atoms with E-state index in [1.54, 1.807) is 17.4 Å². The molecule has 1 amide bonds. The molecule has 0 fully saturated rings. The first-order valence-electron chi connectivity index (χ1n) is 8.26. The summed E-state index contributed by atoms with van der Waals surface area (Å²) < 4.78 is 3.50. The van der Waals surface area contributed by atoms with Crippen molar-refractivity contribution in [2.45, 2.75) is 32.7 Å². The Hall–Kier alpha value is -1.62. The maximum Gasteiger partial charge on any atom is 0.226 e. The number of hydrogen-bond acceptors (Lipinski definition) is 6. The molecule has 0 atom stereocenters. The summed E-state index contributed by atoms with van der Waals surface area (Å²) in [4.78, 5) is 18.8. The molecule has 0 aliphatic heterocycles. The minimum Gasteiger partial charge on any atom is -0.302 e. The minimum absolute atomic E-state index is 0.0316. The van der Waals surface area contributed by atoms with Crippen LogP contribution in [0, 0.1) is 11.7 Å². The van der Waals surface area contributed by atoms with Gasteiger partial charge in [-0.1, -0.05) is 17.4 Å². The number of amides is 1. The van der Waals surface area contributed by atoms with Crippen molar-refractivity contribution in [3.05, 3.63) is 43.9 Å². The van der Waals surface area contributed by atoms with E-state index in [-0.39, 0.29) is 5.91 Å². The van der Waals surface area contributed by atoms with Crippen molar-refractivity contribution in [2.24, 2.45) is 0 Å². The normalized spacial score (nSPS) is 10.9. The highest BCUT2D eigenvalue weighted by Gasteiger charge is 2.17. The Morgan fingerprint density at radius 1 is 1.48 bits per heavy atom. The number of allylic oxidation sites excluding steroid dienone is 1. The molecule has 3 aromatic rings. The number of nitrogens with zero attached hydrogens (tertiary/aromatic N) is 3. The molecule has 3 rings (SSSR count). The van der Waals surface area contributed by atoms with Gasteiger partial charge in [-0.15, -0.1) is 17.9 Å². The zero-order chi connectivity index (χ0) is 19.4. The fraction of sp³-hybridized carbons (Fsp3) is 0.294. The molecule has 142 valence electrons. The smallest absolute Gasteiger partial charge is 0.226 e. The SMILES string of the molecule is C=CCn1c(-c2sc(NC(=O)CCCc3ccc(Br)s3)nc2C)n[nH]c1=S. The van der Waals surface area contributed by atoms with Gasteiger partial charge in [0.2, 0.25) is 5.91 Å². The standard InChI is InChI=1S/C17H18BrN5OS3/c1-3-9-23-15(21-22-17(23)25)14-10(2)19-16(27-14)20-13(24)6-4-5-11-7-8-12(18)26-11/h3,7-8H,1,4-6,9H2,2H3,(H,22,25)(H,19,20,24). The van der Waals surface area contributed by atoms with Crippen molar-refractivity contribution in [3.8, 4) is 10.7 Å². The van der Waals surface area contributed by atoms with Gasteiger partial charge in [0.15, 0.2) is 15.7 Å². The second kappa shape index (κ2) is 9.05. The van der Waals surface area contributed by atoms with Gasteiger partial charge in [0.1, 0.15) is 0 Å². The van der Waals surface area contributed by atoms with Gasteiger partial charge in [0, 0.05) is 17.8 Å². The topological polar surface area (TPSA) is 75.6 Å². The Balaban J connectivity index is 1.63. The van der Waals surface area contributed by atoms with Crippen LogP contribution in [0.4, 0.5) is 5.13 Å². The molecular formula is C17H18BrN5OS3. The molecule has 0 aliphatic carbocycles. The monoisotopic (exact) mass is 483 g/mol. The van der Waals surface area contributed by atoms with Crippen molar-refractivity contribution in [3.63, 3.8) is 0 Å². The van der Waals surface area contributed by atoms with Gasteiger partial charge in [-0.2, -0.15) is 5.10 Å². The lowest BCUT2D eigenvalue weighted by atomic mass is 10.2. The molecule has 0 aromatic carbocycles. The van der Waals surface area contributed by atoms with Gasteiger partial charge in [-0.25, -0.2) is 4.98 Å². The molecule has 0 aliphatic rings. The molecule has 3 aromatic heterocycles. The highest BCUT2D eigenvalue weighted by molar-refractivity contribution is 9.11. The maximum absolute atomic E-state index is 12.2. The Morgan fingerprint density at radius 2 is 2.30 bits per heavy atom. The lowest BCUT2D eigenvalue weighted by Crippen LogP contribution is -2.11. The summed E-state index contributed by atoms with van der Waals surface area (Å²) in [5.41, 5.74) is 0.804. The number of carbonyl (C=O) groups excluding carboxylic acids is 1. The number of thiazole rings is 1. The molecule has 0 radical (unpaired) electrons. The number of aryl methyl sites for hydroxylation is 2. The van der Waals surface area contributed by atoms with Crippen LogP contribution in [0.25, 0.3) is 10.7 Å². The number of aromatic nitrogens is 4. The molecule has 0 spiro atoms. The average molecular weight is 484 g/mol. The van der Waals surface area contributed by atoms with Gasteiger partial charge in [0.05, 0.1) is 14.4 Å². The van der Waals surface area contributed by atoms with Crippen LogP contribution in [-0.4, -0.2) is 25.7 Å². The van der Waals surface area contributed by atoms with E-state index in [2.05, 4.69) is 49.1 Å². The summed E-state index contributed by atoms with van der Waals surface area (Å²) in [5, 5.41) is 10.6. The van der Waals surface area contributed by atoms with Gasteiger partial charge in [0.25, 0.3) is 0 Å². The molecule has 27 heavy (non-hydrogen) atoms. The summed E-state index contributed by atoms with van der Waals surface area (Å²) in [6.45, 7) is 6.20. The van der Waals surface area contributed by atoms with Crippen LogP contribution in [0.2, 0.25) is 0 Å². The predicted molar refractivity (Wildman–Crippen MR) is 117 cm³/mol. The van der Waals surface area contributed by atoms with Gasteiger partial charge >= 0.3 is 0 Å². The molecule has 0 saturated heterocycles. The van der Waals surface area contributed by atoms with E-state index in [9.17, 15) is 4.79 Å². The third-order valence-electron chi connectivity index (χ3n) is 3.77. The number of H-pyrrole nitrogens is 1. The fourth-order valence-electron chi connectivity index (χ4n) is 2.54. The van der Waals surface area contributed by atoms with Crippen LogP contribution < -0.4 is 5.32 Å². The third-order valence-corrected chi connectivity index (χ3v) is 6.84. The number of thiophene rings is 1. The summed E-state index contributed by atoms with van der Waals surface area (Å²) in [5.74, 6) is 0.676. The van der Waals surface area contributed by atoms with Crippen molar-refractivity contribution in [1.29, 1.82) is 0 Å². The third kappa shape index (κ3) is 5.01. The first kappa shape index (κ1) is 20.1. The van der Waals surface area contributed by atoms with Crippen LogP contribution >= 0.6 is 50.8 Å². The van der Waals surface area contributed by atoms with E-state index in [4.69, 9.17) is 12.2 Å². The molecule has 0 bridgehead atoms. The average Bonchev–Trinajstić information content (AvgIpc) is 3.29. The molecule has 6 nitrogen and oxygen atoms in total. The number of anilines is 1. The Morgan fingerprint density at radius 3 is 3.00 bits per heavy atom. The number of hydrogen-bond donors (Lipinski definition) is 2. The van der Waals surface area contributed by atoms with Crippen molar-refractivity contribution in [1.82, 2.24) is 19.7 Å². The largest absolute Gasteiger partial charge is 0.302 e. The Kier molecular flexibility index (Phi) is 6.74. The molecule has 3 heterocycles. The number of nitrogens with one attached hydrogen (secondary N) is 2. The van der Waals surface area contributed by atoms with Gasteiger partial charge in [-0.3, -0.25) is 14.5 Å². The number of rotatable bonds is 8. The highest BCUT2D eigenvalue weighted by atomic mass is 79.9. The summed E-state index contributed by atoms with van der Waals surface area (Å²) in [7, 11) is 0. The maximum atomic E-state index is 12.2. The Labute approximate surface area is 178 Å². The summed E-state index contributed by atoms with van der Waals surface area (Å²) in [6.07, 6.45) is 3.91. The zero-order valence-corrected chi connectivity index (χ0v) is 18.7. The second-order valence-electron chi connectivity index (χ2n) is 5.79. The van der Waals surface area contributed by atoms with E-state index < -0.39 is 0 Å². The van der Waals surface area contributed by atoms with E-state index >= 15 is 0 Å².